The normalized spacial score (nSPS) is 11.0. The molecule has 6 heteroatoms. The highest BCUT2D eigenvalue weighted by atomic mass is 16.5. The number of aryl methyl sites for hydroxylation is 1. The van der Waals surface area contributed by atoms with Crippen molar-refractivity contribution in [3.63, 3.8) is 0 Å². The van der Waals surface area contributed by atoms with E-state index in [1.165, 1.54) is 6.33 Å². The van der Waals surface area contributed by atoms with Crippen LogP contribution in [0.2, 0.25) is 0 Å². The number of ether oxygens (including phenoxy) is 1. The molecule has 3 aromatic rings. The fourth-order valence-corrected chi connectivity index (χ4v) is 2.27. The first-order valence-electron chi connectivity index (χ1n) is 7.12. The van der Waals surface area contributed by atoms with Crippen molar-refractivity contribution < 1.29 is 9.84 Å². The fourth-order valence-electron chi connectivity index (χ4n) is 2.27. The van der Waals surface area contributed by atoms with E-state index in [2.05, 4.69) is 19.9 Å². The van der Waals surface area contributed by atoms with Gasteiger partial charge in [0.05, 0.1) is 12.3 Å². The minimum Gasteiger partial charge on any atom is -0.439 e. The molecule has 0 fully saturated rings. The second kappa shape index (κ2) is 6.55. The number of aliphatic hydroxyl groups excluding tert-OH is 1. The Bertz CT molecular complexity index is 770. The van der Waals surface area contributed by atoms with Gasteiger partial charge in [0.15, 0.2) is 0 Å². The van der Waals surface area contributed by atoms with Gasteiger partial charge in [0.1, 0.15) is 12.1 Å². The van der Waals surface area contributed by atoms with Crippen molar-refractivity contribution in [3.05, 3.63) is 48.5 Å². The molecular weight excluding hydrogens is 280 g/mol. The number of nitrogens with one attached hydrogen (secondary N) is 1. The Hall–Kier alpha value is -2.44. The third kappa shape index (κ3) is 3.24. The predicted octanol–water partition coefficient (Wildman–Crippen LogP) is 1.84. The molecule has 2 aromatic heterocycles. The van der Waals surface area contributed by atoms with Crippen LogP contribution >= 0.6 is 0 Å². The minimum absolute atomic E-state index is 0.103. The van der Waals surface area contributed by atoms with Crippen LogP contribution in [0.1, 0.15) is 5.69 Å². The van der Waals surface area contributed by atoms with E-state index in [4.69, 9.17) is 9.84 Å². The van der Waals surface area contributed by atoms with Crippen molar-refractivity contribution in [3.8, 4) is 11.6 Å². The van der Waals surface area contributed by atoms with Crippen LogP contribution in [-0.4, -0.2) is 32.8 Å². The summed E-state index contributed by atoms with van der Waals surface area (Å²) in [5.74, 6) is 1.25. The molecule has 0 aliphatic heterocycles. The van der Waals surface area contributed by atoms with Gasteiger partial charge in [-0.3, -0.25) is 0 Å². The van der Waals surface area contributed by atoms with Crippen LogP contribution in [0.4, 0.5) is 0 Å². The lowest BCUT2D eigenvalue weighted by molar-refractivity contribution is 0.291. The van der Waals surface area contributed by atoms with E-state index in [9.17, 15) is 0 Å². The third-order valence-corrected chi connectivity index (χ3v) is 3.37. The number of nitrogens with zero attached hydrogens (tertiary/aromatic N) is 3. The zero-order valence-electron chi connectivity index (χ0n) is 12.4. The molecule has 6 nitrogen and oxygen atoms in total. The monoisotopic (exact) mass is 298 g/mol. The van der Waals surface area contributed by atoms with E-state index >= 15 is 0 Å². The smallest absolute Gasteiger partial charge is 0.222 e. The molecule has 0 bridgehead atoms. The highest BCUT2D eigenvalue weighted by molar-refractivity contribution is 5.81. The summed E-state index contributed by atoms with van der Waals surface area (Å²) in [5.41, 5.74) is 1.98. The van der Waals surface area contributed by atoms with Gasteiger partial charge >= 0.3 is 0 Å². The Morgan fingerprint density at radius 3 is 3.00 bits per heavy atom. The molecule has 3 rings (SSSR count). The maximum Gasteiger partial charge on any atom is 0.222 e. The molecule has 0 saturated carbocycles. The Labute approximate surface area is 128 Å². The van der Waals surface area contributed by atoms with E-state index in [0.29, 0.717) is 19.0 Å². The van der Waals surface area contributed by atoms with Crippen LogP contribution in [0.5, 0.6) is 11.6 Å². The highest BCUT2D eigenvalue weighted by Gasteiger charge is 2.04. The van der Waals surface area contributed by atoms with Crippen molar-refractivity contribution in [2.45, 2.75) is 6.54 Å². The first-order chi connectivity index (χ1) is 10.8. The van der Waals surface area contributed by atoms with Crippen molar-refractivity contribution in [2.75, 3.05) is 13.2 Å². The average Bonchev–Trinajstić information content (AvgIpc) is 2.89. The van der Waals surface area contributed by atoms with Gasteiger partial charge in [0, 0.05) is 43.3 Å². The zero-order chi connectivity index (χ0) is 15.4. The molecule has 0 atom stereocenters. The number of hydrogen-bond acceptors (Lipinski definition) is 5. The van der Waals surface area contributed by atoms with E-state index in [1.54, 1.807) is 6.07 Å². The van der Waals surface area contributed by atoms with Crippen molar-refractivity contribution in [1.29, 1.82) is 0 Å². The van der Waals surface area contributed by atoms with E-state index in [0.717, 1.165) is 22.3 Å². The van der Waals surface area contributed by atoms with Gasteiger partial charge in [-0.15, -0.1) is 0 Å². The predicted molar refractivity (Wildman–Crippen MR) is 83.8 cm³/mol. The second-order valence-corrected chi connectivity index (χ2v) is 5.00. The van der Waals surface area contributed by atoms with Gasteiger partial charge in [-0.2, -0.15) is 0 Å². The van der Waals surface area contributed by atoms with Crippen LogP contribution in [0, 0.1) is 0 Å². The summed E-state index contributed by atoms with van der Waals surface area (Å²) >= 11 is 0. The number of rotatable bonds is 6. The minimum atomic E-state index is 0.103. The lowest BCUT2D eigenvalue weighted by Crippen LogP contribution is -2.18. The number of hydrogen-bond donors (Lipinski definition) is 2. The third-order valence-electron chi connectivity index (χ3n) is 3.37. The Balaban J connectivity index is 1.74. The number of aliphatic hydroxyl groups is 1. The Morgan fingerprint density at radius 2 is 2.14 bits per heavy atom. The summed E-state index contributed by atoms with van der Waals surface area (Å²) in [7, 11) is 2.01. The van der Waals surface area contributed by atoms with Gasteiger partial charge in [0.2, 0.25) is 5.88 Å². The summed E-state index contributed by atoms with van der Waals surface area (Å²) in [6.45, 7) is 1.20. The summed E-state index contributed by atoms with van der Waals surface area (Å²) in [6.07, 6.45) is 3.50. The molecule has 0 aliphatic rings. The van der Waals surface area contributed by atoms with Gasteiger partial charge in [-0.1, -0.05) is 0 Å². The summed E-state index contributed by atoms with van der Waals surface area (Å²) in [5, 5.41) is 13.0. The summed E-state index contributed by atoms with van der Waals surface area (Å²) in [4.78, 5) is 8.30. The number of benzene rings is 1. The molecule has 0 saturated heterocycles. The zero-order valence-corrected chi connectivity index (χ0v) is 12.4. The van der Waals surface area contributed by atoms with Gasteiger partial charge in [0.25, 0.3) is 0 Å². The number of fused-ring (bicyclic) bond motifs is 1. The van der Waals surface area contributed by atoms with Crippen molar-refractivity contribution >= 4 is 10.9 Å². The summed E-state index contributed by atoms with van der Waals surface area (Å²) in [6, 6.07) is 9.77. The van der Waals surface area contributed by atoms with E-state index in [1.807, 2.05) is 37.5 Å². The molecule has 0 aliphatic carbocycles. The first-order valence-corrected chi connectivity index (χ1v) is 7.12. The molecule has 0 spiro atoms. The van der Waals surface area contributed by atoms with Crippen LogP contribution in [-0.2, 0) is 13.6 Å². The number of aromatic nitrogens is 3. The van der Waals surface area contributed by atoms with E-state index < -0.39 is 0 Å². The average molecular weight is 298 g/mol. The molecular formula is C16H18N4O2. The molecule has 0 amide bonds. The quantitative estimate of drug-likeness (QED) is 0.679. The lowest BCUT2D eigenvalue weighted by atomic mass is 10.2. The largest absolute Gasteiger partial charge is 0.439 e. The lowest BCUT2D eigenvalue weighted by Gasteiger charge is -2.07. The Morgan fingerprint density at radius 1 is 1.23 bits per heavy atom. The van der Waals surface area contributed by atoms with E-state index in [-0.39, 0.29) is 6.61 Å². The standard InChI is InChI=1S/C16H18N4O2/c1-20-6-4-12-8-14(2-3-15(12)20)22-16-9-13(18-11-19-16)10-17-5-7-21/h2-4,6,8-9,11,17,21H,5,7,10H2,1H3. The van der Waals surface area contributed by atoms with Gasteiger partial charge < -0.3 is 19.7 Å². The molecule has 114 valence electrons. The van der Waals surface area contributed by atoms with Crippen LogP contribution in [0.3, 0.4) is 0 Å². The van der Waals surface area contributed by atoms with Crippen LogP contribution in [0.15, 0.2) is 42.9 Å². The second-order valence-electron chi connectivity index (χ2n) is 5.00. The molecule has 0 unspecified atom stereocenters. The topological polar surface area (TPSA) is 72.2 Å². The molecule has 2 N–H and O–H groups in total. The van der Waals surface area contributed by atoms with Crippen molar-refractivity contribution in [2.24, 2.45) is 7.05 Å². The van der Waals surface area contributed by atoms with Gasteiger partial charge in [-0.25, -0.2) is 9.97 Å². The molecule has 1 aromatic carbocycles. The maximum atomic E-state index is 8.76. The van der Waals surface area contributed by atoms with Crippen molar-refractivity contribution in [1.82, 2.24) is 19.9 Å². The SMILES string of the molecule is Cn1ccc2cc(Oc3cc(CNCCO)ncn3)ccc21. The molecule has 22 heavy (non-hydrogen) atoms. The van der Waals surface area contributed by atoms with Crippen LogP contribution in [0.25, 0.3) is 10.9 Å². The summed E-state index contributed by atoms with van der Waals surface area (Å²) < 4.78 is 7.87. The maximum absolute atomic E-state index is 8.76. The molecule has 0 radical (unpaired) electrons. The van der Waals surface area contributed by atoms with Gasteiger partial charge in [-0.05, 0) is 24.3 Å². The molecule has 2 heterocycles. The highest BCUT2D eigenvalue weighted by Crippen LogP contribution is 2.25. The van der Waals surface area contributed by atoms with Crippen LogP contribution < -0.4 is 10.1 Å². The Kier molecular flexibility index (Phi) is 4.32. The fraction of sp³-hybridized carbons (Fsp3) is 0.250. The first kappa shape index (κ1) is 14.5.